The fourth-order valence-corrected chi connectivity index (χ4v) is 2.18. The number of nitrogens with zero attached hydrogens (tertiary/aromatic N) is 3. The molecule has 106 valence electrons. The van der Waals surface area contributed by atoms with Gasteiger partial charge < -0.3 is 15.2 Å². The number of ether oxygens (including phenoxy) is 1. The van der Waals surface area contributed by atoms with Crippen LogP contribution in [0.4, 0.5) is 4.79 Å². The Morgan fingerprint density at radius 1 is 1.50 bits per heavy atom. The summed E-state index contributed by atoms with van der Waals surface area (Å²) < 4.78 is 5.07. The lowest BCUT2D eigenvalue weighted by atomic mass is 9.76. The van der Waals surface area contributed by atoms with Crippen molar-refractivity contribution in [3.63, 3.8) is 0 Å². The number of amides is 1. The molecule has 0 atom stereocenters. The first-order chi connectivity index (χ1) is 9.61. The minimum atomic E-state index is -0.996. The van der Waals surface area contributed by atoms with E-state index in [1.54, 1.807) is 0 Å². The maximum absolute atomic E-state index is 11.5. The van der Waals surface area contributed by atoms with Crippen LogP contribution in [0.2, 0.25) is 0 Å². The number of alkyl carbamates (subject to hydrolysis) is 1. The molecule has 0 aliphatic heterocycles. The first-order valence-electron chi connectivity index (χ1n) is 6.32. The summed E-state index contributed by atoms with van der Waals surface area (Å²) in [6, 6.07) is 9.24. The minimum absolute atomic E-state index is 0.0285. The zero-order chi connectivity index (χ0) is 14.4. The van der Waals surface area contributed by atoms with Crippen molar-refractivity contribution >= 4 is 6.09 Å². The Labute approximate surface area is 116 Å². The van der Waals surface area contributed by atoms with Crippen LogP contribution in [-0.4, -0.2) is 29.4 Å². The Hall–Kier alpha value is -2.24. The molecule has 2 N–H and O–H groups in total. The molecule has 1 aromatic carbocycles. The lowest BCUT2D eigenvalue weighted by Crippen LogP contribution is -2.56. The highest BCUT2D eigenvalue weighted by Crippen LogP contribution is 2.32. The molecule has 1 fully saturated rings. The summed E-state index contributed by atoms with van der Waals surface area (Å²) >= 11 is 0. The van der Waals surface area contributed by atoms with Gasteiger partial charge in [-0.15, -0.1) is 0 Å². The molecule has 0 saturated heterocycles. The van der Waals surface area contributed by atoms with Gasteiger partial charge in [0.05, 0.1) is 12.1 Å². The topological polar surface area (TPSA) is 107 Å². The first-order valence-corrected chi connectivity index (χ1v) is 6.32. The van der Waals surface area contributed by atoms with Crippen molar-refractivity contribution in [2.75, 3.05) is 6.54 Å². The first kappa shape index (κ1) is 14.2. The quantitative estimate of drug-likeness (QED) is 0.488. The van der Waals surface area contributed by atoms with E-state index in [2.05, 4.69) is 15.3 Å². The van der Waals surface area contributed by atoms with Gasteiger partial charge in [-0.05, 0) is 23.9 Å². The van der Waals surface area contributed by atoms with E-state index < -0.39 is 11.7 Å². The second kappa shape index (κ2) is 6.27. The van der Waals surface area contributed by atoms with E-state index in [0.717, 1.165) is 5.56 Å². The lowest BCUT2D eigenvalue weighted by Gasteiger charge is -2.42. The highest BCUT2D eigenvalue weighted by molar-refractivity contribution is 5.67. The molecule has 0 aromatic heterocycles. The predicted octanol–water partition coefficient (Wildman–Crippen LogP) is 2.12. The average Bonchev–Trinajstić information content (AvgIpc) is 2.42. The van der Waals surface area contributed by atoms with E-state index in [-0.39, 0.29) is 19.2 Å². The van der Waals surface area contributed by atoms with Crippen LogP contribution in [0.15, 0.2) is 35.4 Å². The van der Waals surface area contributed by atoms with Gasteiger partial charge in [0.15, 0.2) is 0 Å². The highest BCUT2D eigenvalue weighted by Gasteiger charge is 2.42. The van der Waals surface area contributed by atoms with E-state index in [9.17, 15) is 9.90 Å². The largest absolute Gasteiger partial charge is 0.445 e. The van der Waals surface area contributed by atoms with E-state index in [1.807, 2.05) is 30.3 Å². The van der Waals surface area contributed by atoms with Gasteiger partial charge in [0, 0.05) is 11.0 Å². The molecule has 2 rings (SSSR count). The van der Waals surface area contributed by atoms with Gasteiger partial charge in [0.25, 0.3) is 0 Å². The highest BCUT2D eigenvalue weighted by atomic mass is 16.5. The third-order valence-corrected chi connectivity index (χ3v) is 3.22. The molecule has 0 unspecified atom stereocenters. The van der Waals surface area contributed by atoms with Crippen molar-refractivity contribution in [1.29, 1.82) is 0 Å². The molecular formula is C13H16N4O3. The van der Waals surface area contributed by atoms with Crippen LogP contribution >= 0.6 is 0 Å². The third kappa shape index (κ3) is 3.88. The molecule has 7 nitrogen and oxygen atoms in total. The number of azide groups is 1. The molecule has 1 aliphatic carbocycles. The number of rotatable bonds is 5. The van der Waals surface area contributed by atoms with Crippen molar-refractivity contribution in [2.45, 2.75) is 31.1 Å². The molecule has 1 aromatic rings. The van der Waals surface area contributed by atoms with Crippen molar-refractivity contribution in [3.05, 3.63) is 46.3 Å². The van der Waals surface area contributed by atoms with E-state index in [1.165, 1.54) is 0 Å². The number of carbonyl (C=O) groups excluding carboxylic acids is 1. The van der Waals surface area contributed by atoms with Gasteiger partial charge in [-0.1, -0.05) is 35.4 Å². The summed E-state index contributed by atoms with van der Waals surface area (Å²) in [5.41, 5.74) is 8.11. The molecule has 1 aliphatic rings. The smallest absolute Gasteiger partial charge is 0.407 e. The van der Waals surface area contributed by atoms with Crippen molar-refractivity contribution in [2.24, 2.45) is 5.11 Å². The average molecular weight is 276 g/mol. The molecule has 20 heavy (non-hydrogen) atoms. The number of hydrogen-bond acceptors (Lipinski definition) is 4. The Bertz CT molecular complexity index is 508. The molecule has 1 saturated carbocycles. The van der Waals surface area contributed by atoms with E-state index >= 15 is 0 Å². The number of carbonyl (C=O) groups is 1. The molecular weight excluding hydrogens is 260 g/mol. The number of benzene rings is 1. The van der Waals surface area contributed by atoms with Gasteiger partial charge in [0.2, 0.25) is 0 Å². The standard InChI is InChI=1S/C13H16N4O3/c14-17-15-9-13(19)6-11(7-13)16-12(18)20-8-10-4-2-1-3-5-10/h1-5,11,19H,6-9H2,(H,16,18). The summed E-state index contributed by atoms with van der Waals surface area (Å²) in [6.07, 6.45) is 0.225. The zero-order valence-corrected chi connectivity index (χ0v) is 10.9. The predicted molar refractivity (Wildman–Crippen MR) is 71.7 cm³/mol. The minimum Gasteiger partial charge on any atom is -0.445 e. The molecule has 0 heterocycles. The number of aliphatic hydroxyl groups is 1. The van der Waals surface area contributed by atoms with Crippen LogP contribution in [0.5, 0.6) is 0 Å². The van der Waals surface area contributed by atoms with Gasteiger partial charge in [-0.25, -0.2) is 4.79 Å². The second-order valence-corrected chi connectivity index (χ2v) is 4.92. The third-order valence-electron chi connectivity index (χ3n) is 3.22. The van der Waals surface area contributed by atoms with Gasteiger partial charge in [-0.3, -0.25) is 0 Å². The van der Waals surface area contributed by atoms with Crippen LogP contribution < -0.4 is 5.32 Å². The van der Waals surface area contributed by atoms with Crippen molar-refractivity contribution < 1.29 is 14.6 Å². The lowest BCUT2D eigenvalue weighted by molar-refractivity contribution is -0.0463. The van der Waals surface area contributed by atoms with E-state index in [0.29, 0.717) is 12.8 Å². The normalized spacial score (nSPS) is 24.1. The molecule has 0 bridgehead atoms. The van der Waals surface area contributed by atoms with Crippen molar-refractivity contribution in [3.8, 4) is 0 Å². The van der Waals surface area contributed by atoms with Crippen LogP contribution in [0.1, 0.15) is 18.4 Å². The second-order valence-electron chi connectivity index (χ2n) is 4.92. The monoisotopic (exact) mass is 276 g/mol. The zero-order valence-electron chi connectivity index (χ0n) is 10.9. The van der Waals surface area contributed by atoms with E-state index in [4.69, 9.17) is 10.3 Å². The van der Waals surface area contributed by atoms with Crippen LogP contribution in [0.25, 0.3) is 10.4 Å². The summed E-state index contributed by atoms with van der Waals surface area (Å²) in [5, 5.41) is 15.9. The molecule has 0 radical (unpaired) electrons. The summed E-state index contributed by atoms with van der Waals surface area (Å²) in [7, 11) is 0. The summed E-state index contributed by atoms with van der Waals surface area (Å²) in [6.45, 7) is 0.239. The summed E-state index contributed by atoms with van der Waals surface area (Å²) in [5.74, 6) is 0. The fraction of sp³-hybridized carbons (Fsp3) is 0.462. The van der Waals surface area contributed by atoms with Crippen LogP contribution in [-0.2, 0) is 11.3 Å². The molecule has 0 spiro atoms. The van der Waals surface area contributed by atoms with Crippen LogP contribution in [0, 0.1) is 0 Å². The number of nitrogens with one attached hydrogen (secondary N) is 1. The maximum Gasteiger partial charge on any atom is 0.407 e. The Balaban J connectivity index is 1.68. The maximum atomic E-state index is 11.5. The summed E-state index contributed by atoms with van der Waals surface area (Å²) in [4.78, 5) is 14.2. The van der Waals surface area contributed by atoms with Gasteiger partial charge in [0.1, 0.15) is 6.61 Å². The van der Waals surface area contributed by atoms with Gasteiger partial charge in [-0.2, -0.15) is 0 Å². The molecule has 1 amide bonds. The SMILES string of the molecule is [N-]=[N+]=NCC1(O)CC(NC(=O)OCc2ccccc2)C1. The fourth-order valence-electron chi connectivity index (χ4n) is 2.18. The van der Waals surface area contributed by atoms with Gasteiger partial charge >= 0.3 is 6.09 Å². The Morgan fingerprint density at radius 3 is 2.85 bits per heavy atom. The Kier molecular flexibility index (Phi) is 4.45. The molecule has 7 heteroatoms. The van der Waals surface area contributed by atoms with Crippen LogP contribution in [0.3, 0.4) is 0 Å². The van der Waals surface area contributed by atoms with Crippen molar-refractivity contribution in [1.82, 2.24) is 5.32 Å². The Morgan fingerprint density at radius 2 is 2.20 bits per heavy atom. The number of hydrogen-bond donors (Lipinski definition) is 2.